The lowest BCUT2D eigenvalue weighted by Crippen LogP contribution is -1.98. The van der Waals surface area contributed by atoms with Gasteiger partial charge in [-0.15, -0.1) is 37.0 Å². The largest absolute Gasteiger partial charge is 0.120 e. The Labute approximate surface area is 187 Å². The Morgan fingerprint density at radius 1 is 0.467 bits per heavy atom. The molecule has 0 heterocycles. The molecule has 0 aliphatic rings. The maximum atomic E-state index is 5.36. The first kappa shape index (κ1) is 25.9. The van der Waals surface area contributed by atoms with E-state index in [1.165, 1.54) is 102 Å². The van der Waals surface area contributed by atoms with Crippen molar-refractivity contribution in [2.24, 2.45) is 0 Å². The fourth-order valence-corrected chi connectivity index (χ4v) is 4.01. The number of unbranched alkanes of at least 4 members (excludes halogenated alkanes) is 12. The van der Waals surface area contributed by atoms with Crippen molar-refractivity contribution in [2.45, 2.75) is 116 Å². The molecule has 1 aromatic rings. The Hall–Kier alpha value is -2.10. The lowest BCUT2D eigenvalue weighted by atomic mass is 9.93. The van der Waals surface area contributed by atoms with Gasteiger partial charge >= 0.3 is 0 Å². The van der Waals surface area contributed by atoms with Gasteiger partial charge in [-0.05, 0) is 74.5 Å². The Morgan fingerprint density at radius 2 is 0.900 bits per heavy atom. The van der Waals surface area contributed by atoms with Gasteiger partial charge in [-0.2, -0.15) is 0 Å². The average Bonchev–Trinajstić information content (AvgIpc) is 2.76. The summed E-state index contributed by atoms with van der Waals surface area (Å²) in [4.78, 5) is 0. The Kier molecular flexibility index (Phi) is 16.3. The second-order valence-corrected chi connectivity index (χ2v) is 8.46. The highest BCUT2D eigenvalue weighted by Gasteiger charge is 2.05. The first-order chi connectivity index (χ1) is 14.8. The minimum atomic E-state index is 0.918. The quantitative estimate of drug-likeness (QED) is 0.172. The molecule has 0 atom stereocenters. The summed E-state index contributed by atoms with van der Waals surface area (Å²) < 4.78 is 0. The second kappa shape index (κ2) is 18.9. The van der Waals surface area contributed by atoms with E-state index < -0.39 is 0 Å². The Balaban J connectivity index is 2.51. The van der Waals surface area contributed by atoms with Crippen molar-refractivity contribution in [3.8, 4) is 37.0 Å². The molecule has 0 bridgehead atoms. The third-order valence-corrected chi connectivity index (χ3v) is 5.84. The summed E-state index contributed by atoms with van der Waals surface area (Å²) in [6, 6.07) is 7.27. The van der Waals surface area contributed by atoms with Gasteiger partial charge in [-0.25, -0.2) is 0 Å². The van der Waals surface area contributed by atoms with Gasteiger partial charge in [0.05, 0.1) is 0 Å². The normalized spacial score (nSPS) is 10.3. The molecule has 1 aromatic carbocycles. The first-order valence-electron chi connectivity index (χ1n) is 12.2. The maximum absolute atomic E-state index is 5.36. The number of aryl methyl sites for hydroxylation is 3. The zero-order valence-corrected chi connectivity index (χ0v) is 19.2. The van der Waals surface area contributed by atoms with E-state index in [4.69, 9.17) is 19.3 Å². The van der Waals surface area contributed by atoms with Crippen LogP contribution in [0.3, 0.4) is 0 Å². The van der Waals surface area contributed by atoms with Gasteiger partial charge in [0.1, 0.15) is 0 Å². The number of hydrogen-bond acceptors (Lipinski definition) is 0. The van der Waals surface area contributed by atoms with Crippen LogP contribution in [-0.4, -0.2) is 0 Å². The molecule has 162 valence electrons. The molecule has 0 aromatic heterocycles. The molecule has 1 rings (SSSR count). The van der Waals surface area contributed by atoms with E-state index in [9.17, 15) is 0 Å². The van der Waals surface area contributed by atoms with Crippen LogP contribution in [0.5, 0.6) is 0 Å². The van der Waals surface area contributed by atoms with E-state index in [2.05, 4.69) is 36.0 Å². The van der Waals surface area contributed by atoms with Gasteiger partial charge in [0.25, 0.3) is 0 Å². The van der Waals surface area contributed by atoms with E-state index in [1.54, 1.807) is 11.1 Å². The third kappa shape index (κ3) is 13.2. The third-order valence-electron chi connectivity index (χ3n) is 5.84. The van der Waals surface area contributed by atoms with E-state index in [0.717, 1.165) is 19.3 Å². The van der Waals surface area contributed by atoms with Gasteiger partial charge in [0.15, 0.2) is 0 Å². The van der Waals surface area contributed by atoms with Gasteiger partial charge in [0.2, 0.25) is 0 Å². The highest BCUT2D eigenvalue weighted by molar-refractivity contribution is 5.32. The van der Waals surface area contributed by atoms with Gasteiger partial charge in [-0.1, -0.05) is 56.7 Å². The van der Waals surface area contributed by atoms with Crippen LogP contribution in [0.2, 0.25) is 0 Å². The molecule has 0 aliphatic heterocycles. The van der Waals surface area contributed by atoms with E-state index in [-0.39, 0.29) is 0 Å². The van der Waals surface area contributed by atoms with Crippen LogP contribution in [0.15, 0.2) is 18.2 Å². The molecular formula is C30H42. The van der Waals surface area contributed by atoms with Crippen LogP contribution < -0.4 is 0 Å². The van der Waals surface area contributed by atoms with Crippen LogP contribution in [0.4, 0.5) is 0 Å². The highest BCUT2D eigenvalue weighted by atomic mass is 14.1. The molecular weight excluding hydrogens is 360 g/mol. The zero-order valence-electron chi connectivity index (χ0n) is 19.2. The van der Waals surface area contributed by atoms with Crippen molar-refractivity contribution >= 4 is 0 Å². The summed E-state index contributed by atoms with van der Waals surface area (Å²) in [5, 5.41) is 0. The molecule has 0 nitrogen and oxygen atoms in total. The Morgan fingerprint density at radius 3 is 1.40 bits per heavy atom. The van der Waals surface area contributed by atoms with Gasteiger partial charge in [-0.3, -0.25) is 0 Å². The van der Waals surface area contributed by atoms with Crippen molar-refractivity contribution in [2.75, 3.05) is 0 Å². The molecule has 0 spiro atoms. The van der Waals surface area contributed by atoms with Crippen molar-refractivity contribution in [3.63, 3.8) is 0 Å². The van der Waals surface area contributed by atoms with Gasteiger partial charge < -0.3 is 0 Å². The molecule has 0 unspecified atom stereocenters. The van der Waals surface area contributed by atoms with Crippen LogP contribution in [0.25, 0.3) is 0 Å². The number of benzene rings is 1. The standard InChI is InChI=1S/C30H42/c1-4-7-10-13-16-19-22-28-25-26-29(23-20-17-14-11-8-5-2)30(27-28)24-21-18-15-12-9-6-3/h1-3,25-27H,7-24H2. The predicted molar refractivity (Wildman–Crippen MR) is 133 cm³/mol. The van der Waals surface area contributed by atoms with Crippen molar-refractivity contribution in [3.05, 3.63) is 34.9 Å². The van der Waals surface area contributed by atoms with Crippen LogP contribution in [-0.2, 0) is 19.3 Å². The average molecular weight is 403 g/mol. The molecule has 0 amide bonds. The predicted octanol–water partition coefficient (Wildman–Crippen LogP) is 8.07. The maximum Gasteiger partial charge on any atom is 0.00860 e. The summed E-state index contributed by atoms with van der Waals surface area (Å²) in [7, 11) is 0. The van der Waals surface area contributed by atoms with Gasteiger partial charge in [0, 0.05) is 19.3 Å². The summed E-state index contributed by atoms with van der Waals surface area (Å²) in [6.07, 6.45) is 37.3. The summed E-state index contributed by atoms with van der Waals surface area (Å²) in [5.74, 6) is 8.23. The molecule has 0 N–H and O–H groups in total. The zero-order chi connectivity index (χ0) is 21.7. The van der Waals surface area contributed by atoms with E-state index >= 15 is 0 Å². The van der Waals surface area contributed by atoms with Crippen molar-refractivity contribution < 1.29 is 0 Å². The second-order valence-electron chi connectivity index (χ2n) is 8.46. The van der Waals surface area contributed by atoms with E-state index in [0.29, 0.717) is 0 Å². The Bertz CT molecular complexity index is 673. The van der Waals surface area contributed by atoms with Crippen molar-refractivity contribution in [1.29, 1.82) is 0 Å². The number of terminal acetylenes is 3. The molecule has 0 fully saturated rings. The summed E-state index contributed by atoms with van der Waals surface area (Å²) in [6.45, 7) is 0. The molecule has 0 heteroatoms. The molecule has 0 saturated heterocycles. The summed E-state index contributed by atoms with van der Waals surface area (Å²) in [5.41, 5.74) is 4.65. The fraction of sp³-hybridized carbons (Fsp3) is 0.600. The number of hydrogen-bond donors (Lipinski definition) is 0. The lowest BCUT2D eigenvalue weighted by Gasteiger charge is -2.13. The first-order valence-corrected chi connectivity index (χ1v) is 12.2. The molecule has 0 radical (unpaired) electrons. The molecule has 30 heavy (non-hydrogen) atoms. The summed E-state index contributed by atoms with van der Waals surface area (Å²) >= 11 is 0. The topological polar surface area (TPSA) is 0 Å². The molecule has 0 saturated carbocycles. The lowest BCUT2D eigenvalue weighted by molar-refractivity contribution is 0.634. The van der Waals surface area contributed by atoms with Crippen LogP contribution in [0.1, 0.15) is 113 Å². The van der Waals surface area contributed by atoms with Crippen LogP contribution in [0, 0.1) is 37.0 Å². The minimum Gasteiger partial charge on any atom is -0.120 e. The number of rotatable bonds is 18. The smallest absolute Gasteiger partial charge is 0.00860 e. The minimum absolute atomic E-state index is 0.918. The SMILES string of the molecule is C#CCCCCCCc1ccc(CCCCCCC#C)c(CCCCCCC#C)c1. The van der Waals surface area contributed by atoms with Crippen molar-refractivity contribution in [1.82, 2.24) is 0 Å². The molecule has 0 aliphatic carbocycles. The monoisotopic (exact) mass is 402 g/mol. The highest BCUT2D eigenvalue weighted by Crippen LogP contribution is 2.20. The van der Waals surface area contributed by atoms with E-state index in [1.807, 2.05) is 0 Å². The van der Waals surface area contributed by atoms with Crippen LogP contribution >= 0.6 is 0 Å². The fourth-order valence-electron chi connectivity index (χ4n) is 4.01.